The Morgan fingerprint density at radius 2 is 1.90 bits per heavy atom. The van der Waals surface area contributed by atoms with Crippen LogP contribution in [-0.2, 0) is 14.3 Å². The van der Waals surface area contributed by atoms with Crippen molar-refractivity contribution in [3.63, 3.8) is 0 Å². The zero-order valence-corrected chi connectivity index (χ0v) is 12.2. The number of hydrogen-bond acceptors (Lipinski definition) is 3. The molecule has 114 valence electrons. The van der Waals surface area contributed by atoms with Crippen LogP contribution in [0.15, 0.2) is 0 Å². The van der Waals surface area contributed by atoms with Gasteiger partial charge in [0.15, 0.2) is 0 Å². The maximum absolute atomic E-state index is 12.4. The molecule has 1 amide bonds. The number of carbonyl (C=O) groups excluding carboxylic acids is 1. The first kappa shape index (κ1) is 15.3. The highest BCUT2D eigenvalue weighted by Gasteiger charge is 2.35. The Bertz CT molecular complexity index is 346. The highest BCUT2D eigenvalue weighted by atomic mass is 16.5. The number of amides is 1. The van der Waals surface area contributed by atoms with Crippen LogP contribution in [0.5, 0.6) is 0 Å². The van der Waals surface area contributed by atoms with E-state index in [1.165, 1.54) is 0 Å². The molecule has 5 nitrogen and oxygen atoms in total. The Labute approximate surface area is 120 Å². The van der Waals surface area contributed by atoms with E-state index >= 15 is 0 Å². The van der Waals surface area contributed by atoms with Crippen molar-refractivity contribution in [2.45, 2.75) is 64.0 Å². The molecule has 0 unspecified atom stereocenters. The molecule has 0 bridgehead atoms. The molecule has 2 rings (SSSR count). The molecule has 0 spiro atoms. The van der Waals surface area contributed by atoms with Gasteiger partial charge < -0.3 is 14.7 Å². The van der Waals surface area contributed by atoms with Gasteiger partial charge >= 0.3 is 5.97 Å². The van der Waals surface area contributed by atoms with Crippen LogP contribution < -0.4 is 0 Å². The molecule has 5 heteroatoms. The quantitative estimate of drug-likeness (QED) is 0.776. The molecule has 0 aromatic carbocycles. The number of ether oxygens (including phenoxy) is 1. The summed E-state index contributed by atoms with van der Waals surface area (Å²) in [5.41, 5.74) is 0. The van der Waals surface area contributed by atoms with Gasteiger partial charge in [0.25, 0.3) is 0 Å². The molecular weight excluding hydrogens is 258 g/mol. The third-order valence-electron chi connectivity index (χ3n) is 4.45. The monoisotopic (exact) mass is 283 g/mol. The number of carboxylic acid groups (broad SMARTS) is 1. The molecule has 0 atom stereocenters. The van der Waals surface area contributed by atoms with Crippen LogP contribution in [0, 0.1) is 5.92 Å². The Balaban J connectivity index is 1.82. The molecular formula is C15H25NO4. The van der Waals surface area contributed by atoms with Gasteiger partial charge in [-0.3, -0.25) is 9.59 Å². The van der Waals surface area contributed by atoms with Crippen molar-refractivity contribution in [3.8, 4) is 0 Å². The van der Waals surface area contributed by atoms with Crippen LogP contribution in [0.2, 0.25) is 0 Å². The zero-order chi connectivity index (χ0) is 14.5. The third kappa shape index (κ3) is 3.95. The van der Waals surface area contributed by atoms with Crippen molar-refractivity contribution in [2.24, 2.45) is 5.92 Å². The molecule has 2 aliphatic rings. The minimum absolute atomic E-state index is 0.0132. The van der Waals surface area contributed by atoms with Crippen LogP contribution >= 0.6 is 0 Å². The fourth-order valence-corrected chi connectivity index (χ4v) is 3.36. The van der Waals surface area contributed by atoms with Gasteiger partial charge in [0.2, 0.25) is 5.91 Å². The molecule has 20 heavy (non-hydrogen) atoms. The van der Waals surface area contributed by atoms with Gasteiger partial charge in [-0.1, -0.05) is 12.8 Å². The van der Waals surface area contributed by atoms with Gasteiger partial charge in [-0.25, -0.2) is 0 Å². The van der Waals surface area contributed by atoms with Crippen molar-refractivity contribution in [2.75, 3.05) is 13.2 Å². The van der Waals surface area contributed by atoms with Crippen LogP contribution in [-0.4, -0.2) is 47.2 Å². The van der Waals surface area contributed by atoms with Crippen LogP contribution in [0.3, 0.4) is 0 Å². The lowest BCUT2D eigenvalue weighted by Gasteiger charge is -2.36. The van der Waals surface area contributed by atoms with E-state index < -0.39 is 5.97 Å². The summed E-state index contributed by atoms with van der Waals surface area (Å²) in [6.07, 6.45) is 6.76. The van der Waals surface area contributed by atoms with Crippen molar-refractivity contribution < 1.29 is 19.4 Å². The van der Waals surface area contributed by atoms with E-state index in [1.807, 2.05) is 6.92 Å². The predicted molar refractivity (Wildman–Crippen MR) is 74.4 cm³/mol. The van der Waals surface area contributed by atoms with Crippen molar-refractivity contribution in [1.29, 1.82) is 0 Å². The molecule has 2 aliphatic carbocycles. The van der Waals surface area contributed by atoms with Gasteiger partial charge in [-0.05, 0) is 38.5 Å². The lowest BCUT2D eigenvalue weighted by molar-refractivity contribution is -0.147. The Hall–Kier alpha value is -1.10. The topological polar surface area (TPSA) is 66.8 Å². The number of carbonyl (C=O) groups is 2. The maximum Gasteiger partial charge on any atom is 0.323 e. The molecule has 0 aliphatic heterocycles. The minimum atomic E-state index is -0.911. The zero-order valence-electron chi connectivity index (χ0n) is 12.2. The number of nitrogens with zero attached hydrogens (tertiary/aromatic N) is 1. The van der Waals surface area contributed by atoms with E-state index in [0.29, 0.717) is 18.4 Å². The highest BCUT2D eigenvalue weighted by molar-refractivity contribution is 5.82. The lowest BCUT2D eigenvalue weighted by atomic mass is 9.79. The van der Waals surface area contributed by atoms with Crippen LogP contribution in [0.4, 0.5) is 0 Å². The molecule has 1 N–H and O–H groups in total. The summed E-state index contributed by atoms with van der Waals surface area (Å²) < 4.78 is 5.50. The van der Waals surface area contributed by atoms with E-state index in [1.54, 1.807) is 4.90 Å². The second-order valence-electron chi connectivity index (χ2n) is 5.97. The smallest absolute Gasteiger partial charge is 0.323 e. The SMILES string of the molecule is CCOC1CC(CC(=O)N(CC(=O)O)C2CCCC2)C1. The van der Waals surface area contributed by atoms with Gasteiger partial charge in [-0.2, -0.15) is 0 Å². The molecule has 2 fully saturated rings. The molecule has 0 aromatic heterocycles. The number of carboxylic acids is 1. The highest BCUT2D eigenvalue weighted by Crippen LogP contribution is 2.34. The molecule has 2 saturated carbocycles. The first-order valence-electron chi connectivity index (χ1n) is 7.73. The molecule has 0 heterocycles. The van der Waals surface area contributed by atoms with E-state index in [-0.39, 0.29) is 18.5 Å². The summed E-state index contributed by atoms with van der Waals surface area (Å²) >= 11 is 0. The van der Waals surface area contributed by atoms with E-state index in [9.17, 15) is 9.59 Å². The third-order valence-corrected chi connectivity index (χ3v) is 4.45. The largest absolute Gasteiger partial charge is 0.480 e. The van der Waals surface area contributed by atoms with E-state index in [4.69, 9.17) is 9.84 Å². The van der Waals surface area contributed by atoms with Gasteiger partial charge in [0.1, 0.15) is 6.54 Å². The maximum atomic E-state index is 12.4. The van der Waals surface area contributed by atoms with Crippen molar-refractivity contribution in [1.82, 2.24) is 4.90 Å². The second kappa shape index (κ2) is 7.07. The average Bonchev–Trinajstić information content (AvgIpc) is 2.86. The standard InChI is InChI=1S/C15H25NO4/c1-2-20-13-7-11(8-13)9-14(17)16(10-15(18)19)12-5-3-4-6-12/h11-13H,2-10H2,1H3,(H,18,19). The van der Waals surface area contributed by atoms with Gasteiger partial charge in [0, 0.05) is 19.1 Å². The molecule has 0 saturated heterocycles. The minimum Gasteiger partial charge on any atom is -0.480 e. The van der Waals surface area contributed by atoms with Gasteiger partial charge in [-0.15, -0.1) is 0 Å². The van der Waals surface area contributed by atoms with Crippen LogP contribution in [0.1, 0.15) is 51.9 Å². The summed E-state index contributed by atoms with van der Waals surface area (Å²) in [5.74, 6) is -0.526. The Morgan fingerprint density at radius 3 is 2.45 bits per heavy atom. The van der Waals surface area contributed by atoms with Gasteiger partial charge in [0.05, 0.1) is 6.10 Å². The average molecular weight is 283 g/mol. The first-order valence-corrected chi connectivity index (χ1v) is 7.73. The predicted octanol–water partition coefficient (Wildman–Crippen LogP) is 2.05. The fraction of sp³-hybridized carbons (Fsp3) is 0.867. The molecule has 0 radical (unpaired) electrons. The first-order chi connectivity index (χ1) is 9.60. The number of rotatable bonds is 7. The number of aliphatic carboxylic acids is 1. The van der Waals surface area contributed by atoms with E-state index in [2.05, 4.69) is 0 Å². The Kier molecular flexibility index (Phi) is 5.40. The number of hydrogen-bond donors (Lipinski definition) is 1. The summed E-state index contributed by atoms with van der Waals surface area (Å²) in [6.45, 7) is 2.55. The van der Waals surface area contributed by atoms with E-state index in [0.717, 1.165) is 45.1 Å². The normalized spacial score (nSPS) is 26.2. The van der Waals surface area contributed by atoms with Crippen molar-refractivity contribution in [3.05, 3.63) is 0 Å². The lowest BCUT2D eigenvalue weighted by Crippen LogP contribution is -2.44. The molecule has 0 aromatic rings. The summed E-state index contributed by atoms with van der Waals surface area (Å²) in [6, 6.07) is 0.140. The fourth-order valence-electron chi connectivity index (χ4n) is 3.36. The summed E-state index contributed by atoms with van der Waals surface area (Å²) in [4.78, 5) is 24.9. The summed E-state index contributed by atoms with van der Waals surface area (Å²) in [5, 5.41) is 9.00. The van der Waals surface area contributed by atoms with Crippen LogP contribution in [0.25, 0.3) is 0 Å². The van der Waals surface area contributed by atoms with Crippen molar-refractivity contribution >= 4 is 11.9 Å². The second-order valence-corrected chi connectivity index (χ2v) is 5.97. The summed E-state index contributed by atoms with van der Waals surface area (Å²) in [7, 11) is 0. The Morgan fingerprint density at radius 1 is 1.25 bits per heavy atom.